The van der Waals surface area contributed by atoms with Crippen molar-refractivity contribution in [2.24, 2.45) is 0 Å². The van der Waals surface area contributed by atoms with Gasteiger partial charge >= 0.3 is 21.7 Å². The Morgan fingerprint density at radius 2 is 1.76 bits per heavy atom. The Morgan fingerprint density at radius 1 is 1.14 bits per heavy atom. The van der Waals surface area contributed by atoms with Gasteiger partial charge in [-0.1, -0.05) is 0 Å². The highest BCUT2D eigenvalue weighted by Crippen LogP contribution is 2.39. The number of alkyl halides is 3. The van der Waals surface area contributed by atoms with Crippen molar-refractivity contribution in [2.45, 2.75) is 70.0 Å². The van der Waals surface area contributed by atoms with Gasteiger partial charge in [-0.3, -0.25) is 0 Å². The van der Waals surface area contributed by atoms with Gasteiger partial charge in [0.25, 0.3) is 0 Å². The normalized spacial score (nSPS) is 18.6. The molecule has 1 aliphatic carbocycles. The number of aromatic nitrogens is 2. The Kier molecular flexibility index (Phi) is 5.52. The van der Waals surface area contributed by atoms with Crippen LogP contribution in [-0.2, 0) is 27.7 Å². The lowest BCUT2D eigenvalue weighted by Gasteiger charge is -2.28. The molecule has 0 N–H and O–H groups in total. The highest BCUT2D eigenvalue weighted by molar-refractivity contribution is 7.87. The molecular formula is C17H24F3N3O5S. The van der Waals surface area contributed by atoms with E-state index in [4.69, 9.17) is 4.74 Å². The third kappa shape index (κ3) is 4.62. The van der Waals surface area contributed by atoms with E-state index < -0.39 is 33.2 Å². The van der Waals surface area contributed by atoms with E-state index in [1.54, 1.807) is 20.8 Å². The van der Waals surface area contributed by atoms with Crippen LogP contribution in [0.15, 0.2) is 0 Å². The topological polar surface area (TPSA) is 90.7 Å². The van der Waals surface area contributed by atoms with Crippen molar-refractivity contribution in [3.8, 4) is 5.88 Å². The molecule has 1 aliphatic heterocycles. The molecule has 12 heteroatoms. The average molecular weight is 439 g/mol. The van der Waals surface area contributed by atoms with Crippen molar-refractivity contribution in [3.05, 3.63) is 11.3 Å². The van der Waals surface area contributed by atoms with Crippen molar-refractivity contribution in [1.29, 1.82) is 0 Å². The van der Waals surface area contributed by atoms with Crippen LogP contribution in [0, 0.1) is 0 Å². The molecule has 2 heterocycles. The predicted octanol–water partition coefficient (Wildman–Crippen LogP) is 3.17. The Balaban J connectivity index is 1.88. The first-order valence-electron chi connectivity index (χ1n) is 9.37. The highest BCUT2D eigenvalue weighted by atomic mass is 32.2. The van der Waals surface area contributed by atoms with Crippen LogP contribution in [0.2, 0.25) is 0 Å². The van der Waals surface area contributed by atoms with E-state index in [9.17, 15) is 26.4 Å². The van der Waals surface area contributed by atoms with Gasteiger partial charge in [0.05, 0.1) is 11.7 Å². The van der Waals surface area contributed by atoms with Gasteiger partial charge in [-0.25, -0.2) is 9.48 Å². The molecule has 0 bridgehead atoms. The van der Waals surface area contributed by atoms with Gasteiger partial charge in [0.2, 0.25) is 5.88 Å². The maximum atomic E-state index is 12.9. The molecule has 1 fully saturated rings. The second-order valence-electron chi connectivity index (χ2n) is 8.21. The van der Waals surface area contributed by atoms with Gasteiger partial charge in [0, 0.05) is 25.1 Å². The lowest BCUT2D eigenvalue weighted by molar-refractivity contribution is -0.0503. The summed E-state index contributed by atoms with van der Waals surface area (Å²) in [5.74, 6) is -0.395. The van der Waals surface area contributed by atoms with Crippen molar-refractivity contribution >= 4 is 16.2 Å². The van der Waals surface area contributed by atoms with E-state index in [1.807, 2.05) is 0 Å². The predicted molar refractivity (Wildman–Crippen MR) is 95.9 cm³/mol. The van der Waals surface area contributed by atoms with Crippen molar-refractivity contribution in [3.63, 3.8) is 0 Å². The fourth-order valence-corrected chi connectivity index (χ4v) is 3.66. The summed E-state index contributed by atoms with van der Waals surface area (Å²) in [4.78, 5) is 13.8. The molecule has 0 aromatic carbocycles. The third-order valence-electron chi connectivity index (χ3n) is 4.84. The first-order chi connectivity index (χ1) is 13.3. The molecule has 0 unspecified atom stereocenters. The summed E-state index contributed by atoms with van der Waals surface area (Å²) in [6, 6.07) is -0.192. The monoisotopic (exact) mass is 439 g/mol. The number of ether oxygens (including phenoxy) is 1. The molecule has 0 atom stereocenters. The Hall–Kier alpha value is -1.98. The summed E-state index contributed by atoms with van der Waals surface area (Å²) < 4.78 is 73.0. The minimum absolute atomic E-state index is 0.115. The van der Waals surface area contributed by atoms with E-state index in [1.165, 1.54) is 9.58 Å². The molecule has 1 amide bonds. The molecule has 2 aliphatic rings. The van der Waals surface area contributed by atoms with Gasteiger partial charge in [0.1, 0.15) is 5.60 Å². The fourth-order valence-electron chi connectivity index (χ4n) is 3.18. The van der Waals surface area contributed by atoms with Crippen LogP contribution in [0.4, 0.5) is 18.0 Å². The van der Waals surface area contributed by atoms with Crippen LogP contribution in [0.3, 0.4) is 0 Å². The number of rotatable bonds is 3. The molecule has 1 saturated carbocycles. The molecule has 164 valence electrons. The van der Waals surface area contributed by atoms with Crippen LogP contribution in [-0.4, -0.2) is 53.4 Å². The number of hydrogen-bond acceptors (Lipinski definition) is 6. The average Bonchev–Trinajstić information content (AvgIpc) is 2.69. The summed E-state index contributed by atoms with van der Waals surface area (Å²) >= 11 is 0. The number of amides is 1. The number of halogens is 3. The molecule has 0 radical (unpaired) electrons. The molecule has 3 rings (SSSR count). The standard InChI is InChI=1S/C17H24F3N3O5S/c1-16(2,3)27-15(24)22-9-7-12-13(8-10-22)21-23(11-5-4-6-11)14(12)28-29(25,26)17(18,19)20/h11H,4-10H2,1-3H3. The molecule has 8 nitrogen and oxygen atoms in total. The van der Waals surface area contributed by atoms with Crippen molar-refractivity contribution in [2.75, 3.05) is 13.1 Å². The summed E-state index contributed by atoms with van der Waals surface area (Å²) in [6.07, 6.45) is 2.09. The number of hydrogen-bond donors (Lipinski definition) is 0. The first-order valence-corrected chi connectivity index (χ1v) is 10.8. The molecule has 29 heavy (non-hydrogen) atoms. The molecule has 0 saturated heterocycles. The zero-order valence-electron chi connectivity index (χ0n) is 16.5. The summed E-state index contributed by atoms with van der Waals surface area (Å²) in [5, 5.41) is 4.35. The lowest BCUT2D eigenvalue weighted by atomic mass is 9.93. The highest BCUT2D eigenvalue weighted by Gasteiger charge is 2.50. The number of carbonyl (C=O) groups excluding carboxylic acids is 1. The molecule has 1 aromatic heterocycles. The van der Waals surface area contributed by atoms with Gasteiger partial charge in [-0.05, 0) is 46.5 Å². The fraction of sp³-hybridized carbons (Fsp3) is 0.765. The molecular weight excluding hydrogens is 415 g/mol. The quantitative estimate of drug-likeness (QED) is 0.531. The van der Waals surface area contributed by atoms with Gasteiger partial charge < -0.3 is 13.8 Å². The number of nitrogens with zero attached hydrogens (tertiary/aromatic N) is 3. The molecule has 1 aromatic rings. The second-order valence-corrected chi connectivity index (χ2v) is 9.75. The van der Waals surface area contributed by atoms with E-state index in [-0.39, 0.29) is 37.5 Å². The zero-order valence-corrected chi connectivity index (χ0v) is 17.3. The van der Waals surface area contributed by atoms with Crippen LogP contribution in [0.5, 0.6) is 5.88 Å². The molecule has 0 spiro atoms. The summed E-state index contributed by atoms with van der Waals surface area (Å²) in [6.45, 7) is 5.60. The van der Waals surface area contributed by atoms with Crippen LogP contribution >= 0.6 is 0 Å². The minimum atomic E-state index is -5.83. The SMILES string of the molecule is CC(C)(C)OC(=O)N1CCc2nn(C3CCC3)c(OS(=O)(=O)C(F)(F)F)c2CC1. The number of fused-ring (bicyclic) bond motifs is 1. The van der Waals surface area contributed by atoms with E-state index in [0.717, 1.165) is 6.42 Å². The third-order valence-corrected chi connectivity index (χ3v) is 5.78. The van der Waals surface area contributed by atoms with Crippen LogP contribution < -0.4 is 4.18 Å². The second kappa shape index (κ2) is 7.37. The van der Waals surface area contributed by atoms with Gasteiger partial charge in [-0.2, -0.15) is 26.7 Å². The summed E-state index contributed by atoms with van der Waals surface area (Å²) in [5.41, 5.74) is -5.50. The Bertz CT molecular complexity index is 885. The van der Waals surface area contributed by atoms with Gasteiger partial charge in [-0.15, -0.1) is 0 Å². The van der Waals surface area contributed by atoms with Crippen molar-refractivity contribution in [1.82, 2.24) is 14.7 Å². The Morgan fingerprint density at radius 3 is 2.28 bits per heavy atom. The smallest absolute Gasteiger partial charge is 0.444 e. The maximum Gasteiger partial charge on any atom is 0.534 e. The first kappa shape index (κ1) is 21.7. The summed E-state index contributed by atoms with van der Waals surface area (Å²) in [7, 11) is -5.83. The van der Waals surface area contributed by atoms with Gasteiger partial charge in [0.15, 0.2) is 0 Å². The maximum absolute atomic E-state index is 12.9. The van der Waals surface area contributed by atoms with Crippen molar-refractivity contribution < 1.29 is 35.3 Å². The van der Waals surface area contributed by atoms with E-state index >= 15 is 0 Å². The number of carbonyl (C=O) groups is 1. The van der Waals surface area contributed by atoms with Crippen LogP contribution in [0.25, 0.3) is 0 Å². The zero-order chi connectivity index (χ0) is 21.6. The minimum Gasteiger partial charge on any atom is -0.444 e. The Labute approximate surface area is 167 Å². The van der Waals surface area contributed by atoms with E-state index in [0.29, 0.717) is 18.5 Å². The van der Waals surface area contributed by atoms with Crippen LogP contribution in [0.1, 0.15) is 57.3 Å². The van der Waals surface area contributed by atoms with E-state index in [2.05, 4.69) is 9.28 Å². The largest absolute Gasteiger partial charge is 0.534 e. The lowest BCUT2D eigenvalue weighted by Crippen LogP contribution is -2.38.